The average molecular weight is 364 g/mol. The van der Waals surface area contributed by atoms with Gasteiger partial charge in [-0.25, -0.2) is 0 Å². The Morgan fingerprint density at radius 3 is 2.12 bits per heavy atom. The highest BCUT2D eigenvalue weighted by molar-refractivity contribution is 5.96. The molecule has 0 saturated heterocycles. The topological polar surface area (TPSA) is 81.9 Å². The molecule has 1 aromatic rings. The molecule has 6 nitrogen and oxygen atoms in total. The van der Waals surface area contributed by atoms with Crippen LogP contribution in [0.25, 0.3) is 0 Å². The molecule has 0 fully saturated rings. The molecular formula is C20H32N2O4. The smallest absolute Gasteiger partial charge is 0.260 e. The summed E-state index contributed by atoms with van der Waals surface area (Å²) in [6.45, 7) is 9.81. The van der Waals surface area contributed by atoms with E-state index in [1.165, 1.54) is 13.2 Å². The molecule has 0 saturated carbocycles. The monoisotopic (exact) mass is 364 g/mol. The first-order valence-electron chi connectivity index (χ1n) is 9.13. The largest absolute Gasteiger partial charge is 0.497 e. The van der Waals surface area contributed by atoms with E-state index < -0.39 is 5.91 Å². The molecule has 26 heavy (non-hydrogen) atoms. The summed E-state index contributed by atoms with van der Waals surface area (Å²) in [5.41, 5.74) is 5.61. The Kier molecular flexibility index (Phi) is 8.96. The number of hydrogen-bond acceptors (Lipinski definition) is 4. The Morgan fingerprint density at radius 1 is 1.08 bits per heavy atom. The van der Waals surface area contributed by atoms with Gasteiger partial charge in [0.1, 0.15) is 11.5 Å². The second kappa shape index (κ2) is 10.7. The third-order valence-electron chi connectivity index (χ3n) is 4.11. The first-order valence-corrected chi connectivity index (χ1v) is 9.13. The predicted molar refractivity (Wildman–Crippen MR) is 102 cm³/mol. The molecular weight excluding hydrogens is 332 g/mol. The van der Waals surface area contributed by atoms with Crippen molar-refractivity contribution in [1.29, 1.82) is 0 Å². The summed E-state index contributed by atoms with van der Waals surface area (Å²) in [4.78, 5) is 26.0. The van der Waals surface area contributed by atoms with Crippen LogP contribution in [0.4, 0.5) is 0 Å². The van der Waals surface area contributed by atoms with Crippen molar-refractivity contribution in [3.8, 4) is 11.5 Å². The molecule has 1 aromatic carbocycles. The minimum Gasteiger partial charge on any atom is -0.497 e. The van der Waals surface area contributed by atoms with E-state index in [4.69, 9.17) is 15.2 Å². The third kappa shape index (κ3) is 7.33. The van der Waals surface area contributed by atoms with Gasteiger partial charge in [0.05, 0.1) is 12.7 Å². The molecule has 0 atom stereocenters. The number of rotatable bonds is 11. The molecule has 0 heterocycles. The summed E-state index contributed by atoms with van der Waals surface area (Å²) in [6, 6.07) is 4.74. The molecule has 0 radical (unpaired) electrons. The van der Waals surface area contributed by atoms with Gasteiger partial charge in [0.2, 0.25) is 0 Å². The summed E-state index contributed by atoms with van der Waals surface area (Å²) in [6.07, 6.45) is 1.88. The van der Waals surface area contributed by atoms with Gasteiger partial charge in [0.15, 0.2) is 6.61 Å². The molecule has 0 bridgehead atoms. The van der Waals surface area contributed by atoms with Crippen molar-refractivity contribution in [2.75, 3.05) is 26.8 Å². The second-order valence-electron chi connectivity index (χ2n) is 7.26. The molecule has 2 amide bonds. The van der Waals surface area contributed by atoms with Gasteiger partial charge >= 0.3 is 0 Å². The normalized spacial score (nSPS) is 10.9. The molecule has 6 heteroatoms. The Morgan fingerprint density at radius 2 is 1.65 bits per heavy atom. The SMILES string of the molecule is COc1ccc(C(N)=O)c(OCC(=O)N(CCC(C)C)CCC(C)C)c1. The van der Waals surface area contributed by atoms with Crippen LogP contribution in [0.3, 0.4) is 0 Å². The molecule has 1 rings (SSSR count). The summed E-state index contributed by atoms with van der Waals surface area (Å²) in [7, 11) is 1.52. The van der Waals surface area contributed by atoms with Gasteiger partial charge in [-0.3, -0.25) is 9.59 Å². The predicted octanol–water partition coefficient (Wildman–Crippen LogP) is 3.09. The van der Waals surface area contributed by atoms with Crippen molar-refractivity contribution in [3.05, 3.63) is 23.8 Å². The lowest BCUT2D eigenvalue weighted by Gasteiger charge is -2.24. The van der Waals surface area contributed by atoms with Crippen LogP contribution in [-0.4, -0.2) is 43.5 Å². The summed E-state index contributed by atoms with van der Waals surface area (Å²) >= 11 is 0. The van der Waals surface area contributed by atoms with Crippen molar-refractivity contribution < 1.29 is 19.1 Å². The number of carbonyl (C=O) groups is 2. The van der Waals surface area contributed by atoms with E-state index in [2.05, 4.69) is 27.7 Å². The lowest BCUT2D eigenvalue weighted by molar-refractivity contribution is -0.133. The van der Waals surface area contributed by atoms with E-state index in [0.717, 1.165) is 12.8 Å². The summed E-state index contributed by atoms with van der Waals surface area (Å²) in [5, 5.41) is 0. The molecule has 2 N–H and O–H groups in total. The maximum atomic E-state index is 12.6. The Labute approximate surface area is 156 Å². The quantitative estimate of drug-likeness (QED) is 0.654. The first-order chi connectivity index (χ1) is 12.2. The Hall–Kier alpha value is -2.24. The van der Waals surface area contributed by atoms with Gasteiger partial charge < -0.3 is 20.1 Å². The maximum absolute atomic E-state index is 12.6. The van der Waals surface area contributed by atoms with E-state index in [-0.39, 0.29) is 23.8 Å². The van der Waals surface area contributed by atoms with E-state index >= 15 is 0 Å². The first kappa shape index (κ1) is 21.8. The number of amides is 2. The summed E-state index contributed by atoms with van der Waals surface area (Å²) < 4.78 is 10.8. The number of nitrogens with two attached hydrogens (primary N) is 1. The second-order valence-corrected chi connectivity index (χ2v) is 7.26. The van der Waals surface area contributed by atoms with Crippen LogP contribution in [0.15, 0.2) is 18.2 Å². The van der Waals surface area contributed by atoms with Crippen LogP contribution in [0, 0.1) is 11.8 Å². The van der Waals surface area contributed by atoms with E-state index in [1.54, 1.807) is 12.1 Å². The van der Waals surface area contributed by atoms with Gasteiger partial charge in [0.25, 0.3) is 11.8 Å². The molecule has 146 valence electrons. The van der Waals surface area contributed by atoms with E-state index in [1.807, 2.05) is 4.90 Å². The number of primary amides is 1. The average Bonchev–Trinajstić information content (AvgIpc) is 2.58. The molecule has 0 aliphatic rings. The number of nitrogens with zero attached hydrogens (tertiary/aromatic N) is 1. The van der Waals surface area contributed by atoms with Crippen molar-refractivity contribution in [1.82, 2.24) is 4.90 Å². The Balaban J connectivity index is 2.80. The fourth-order valence-electron chi connectivity index (χ4n) is 2.37. The summed E-state index contributed by atoms with van der Waals surface area (Å²) in [5.74, 6) is 1.14. The van der Waals surface area contributed by atoms with Gasteiger partial charge in [-0.05, 0) is 36.8 Å². The van der Waals surface area contributed by atoms with Gasteiger partial charge in [0, 0.05) is 19.2 Å². The van der Waals surface area contributed by atoms with Crippen LogP contribution < -0.4 is 15.2 Å². The van der Waals surface area contributed by atoms with E-state index in [0.29, 0.717) is 30.7 Å². The van der Waals surface area contributed by atoms with Crippen LogP contribution in [-0.2, 0) is 4.79 Å². The van der Waals surface area contributed by atoms with Crippen molar-refractivity contribution >= 4 is 11.8 Å². The highest BCUT2D eigenvalue weighted by Crippen LogP contribution is 2.24. The van der Waals surface area contributed by atoms with Crippen LogP contribution >= 0.6 is 0 Å². The molecule has 0 aliphatic heterocycles. The maximum Gasteiger partial charge on any atom is 0.260 e. The fraction of sp³-hybridized carbons (Fsp3) is 0.600. The zero-order chi connectivity index (χ0) is 19.7. The lowest BCUT2D eigenvalue weighted by Crippen LogP contribution is -2.37. The van der Waals surface area contributed by atoms with Gasteiger partial charge in [-0.1, -0.05) is 27.7 Å². The van der Waals surface area contributed by atoms with Gasteiger partial charge in [-0.15, -0.1) is 0 Å². The van der Waals surface area contributed by atoms with Crippen LogP contribution in [0.5, 0.6) is 11.5 Å². The van der Waals surface area contributed by atoms with Crippen molar-refractivity contribution in [3.63, 3.8) is 0 Å². The minimum absolute atomic E-state index is 0.0930. The van der Waals surface area contributed by atoms with Crippen LogP contribution in [0.1, 0.15) is 50.9 Å². The minimum atomic E-state index is -0.605. The van der Waals surface area contributed by atoms with Gasteiger partial charge in [-0.2, -0.15) is 0 Å². The number of hydrogen-bond donors (Lipinski definition) is 1. The number of ether oxygens (including phenoxy) is 2. The highest BCUT2D eigenvalue weighted by atomic mass is 16.5. The zero-order valence-corrected chi connectivity index (χ0v) is 16.6. The molecule has 0 aliphatic carbocycles. The molecule has 0 spiro atoms. The third-order valence-corrected chi connectivity index (χ3v) is 4.11. The zero-order valence-electron chi connectivity index (χ0n) is 16.6. The Bertz CT molecular complexity index is 587. The van der Waals surface area contributed by atoms with Crippen molar-refractivity contribution in [2.45, 2.75) is 40.5 Å². The molecule has 0 unspecified atom stereocenters. The number of benzene rings is 1. The standard InChI is InChI=1S/C20H32N2O4/c1-14(2)8-10-22(11-9-15(3)4)19(23)13-26-18-12-16(25-5)6-7-17(18)20(21)24/h6-7,12,14-15H,8-11,13H2,1-5H3,(H2,21,24). The number of carbonyl (C=O) groups excluding carboxylic acids is 2. The van der Waals surface area contributed by atoms with Crippen LogP contribution in [0.2, 0.25) is 0 Å². The highest BCUT2D eigenvalue weighted by Gasteiger charge is 2.17. The van der Waals surface area contributed by atoms with E-state index in [9.17, 15) is 9.59 Å². The number of methoxy groups -OCH3 is 1. The molecule has 0 aromatic heterocycles. The fourth-order valence-corrected chi connectivity index (χ4v) is 2.37. The van der Waals surface area contributed by atoms with Crippen molar-refractivity contribution in [2.24, 2.45) is 17.6 Å². The lowest BCUT2D eigenvalue weighted by atomic mass is 10.1.